The molecule has 0 spiro atoms. The van der Waals surface area contributed by atoms with Crippen molar-refractivity contribution in [3.63, 3.8) is 0 Å². The molecule has 0 saturated heterocycles. The minimum atomic E-state index is 0.0326. The average molecular weight is 275 g/mol. The van der Waals surface area contributed by atoms with Crippen molar-refractivity contribution in [2.45, 2.75) is 19.9 Å². The Kier molecular flexibility index (Phi) is 3.45. The Labute approximate surface area is 125 Å². The maximum Gasteiger partial charge on any atom is 0.133 e. The lowest BCUT2D eigenvalue weighted by Crippen LogP contribution is -2.22. The molecule has 1 atom stereocenters. The summed E-state index contributed by atoms with van der Waals surface area (Å²) < 4.78 is 0. The van der Waals surface area contributed by atoms with Gasteiger partial charge in [0.05, 0.1) is 12.6 Å². The van der Waals surface area contributed by atoms with Gasteiger partial charge in [-0.3, -0.25) is 5.41 Å². The Morgan fingerprint density at radius 2 is 1.90 bits per heavy atom. The van der Waals surface area contributed by atoms with E-state index in [9.17, 15) is 0 Å². The Balaban J connectivity index is 1.80. The molecule has 3 nitrogen and oxygen atoms in total. The van der Waals surface area contributed by atoms with Gasteiger partial charge in [-0.15, -0.1) is 0 Å². The van der Waals surface area contributed by atoms with E-state index in [4.69, 9.17) is 10.7 Å². The number of nitriles is 1. The van der Waals surface area contributed by atoms with Crippen LogP contribution in [-0.4, -0.2) is 5.84 Å². The van der Waals surface area contributed by atoms with Gasteiger partial charge in [-0.05, 0) is 36.6 Å². The summed E-state index contributed by atoms with van der Waals surface area (Å²) in [5, 5.41) is 17.2. The molecular formula is C18H17N3. The van der Waals surface area contributed by atoms with Crippen LogP contribution in [0.15, 0.2) is 48.5 Å². The zero-order valence-corrected chi connectivity index (χ0v) is 12.0. The van der Waals surface area contributed by atoms with E-state index in [1.165, 1.54) is 5.56 Å². The third kappa shape index (κ3) is 2.53. The first-order valence-corrected chi connectivity index (χ1v) is 7.12. The van der Waals surface area contributed by atoms with Crippen molar-refractivity contribution in [3.05, 3.63) is 65.2 Å². The molecule has 104 valence electrons. The van der Waals surface area contributed by atoms with Gasteiger partial charge < -0.3 is 4.90 Å². The first kappa shape index (κ1) is 13.4. The van der Waals surface area contributed by atoms with Crippen molar-refractivity contribution in [2.75, 3.05) is 4.90 Å². The molecule has 2 aromatic carbocycles. The highest BCUT2D eigenvalue weighted by molar-refractivity contribution is 6.11. The van der Waals surface area contributed by atoms with Crippen molar-refractivity contribution >= 4 is 11.5 Å². The molecule has 0 bridgehead atoms. The molecule has 1 unspecified atom stereocenters. The Hall–Kier alpha value is -2.60. The van der Waals surface area contributed by atoms with Gasteiger partial charge in [0.1, 0.15) is 5.84 Å². The molecule has 1 aliphatic rings. The van der Waals surface area contributed by atoms with Crippen LogP contribution in [0.5, 0.6) is 0 Å². The summed E-state index contributed by atoms with van der Waals surface area (Å²) in [6.45, 7) is 2.68. The van der Waals surface area contributed by atoms with Crippen LogP contribution < -0.4 is 4.90 Å². The highest BCUT2D eigenvalue weighted by Gasteiger charge is 2.24. The third-order valence-electron chi connectivity index (χ3n) is 3.88. The predicted octanol–water partition coefficient (Wildman–Crippen LogP) is 3.73. The summed E-state index contributed by atoms with van der Waals surface area (Å²) in [7, 11) is 0. The lowest BCUT2D eigenvalue weighted by atomic mass is 10.0. The summed E-state index contributed by atoms with van der Waals surface area (Å²) in [5.74, 6) is 0.592. The monoisotopic (exact) mass is 275 g/mol. The van der Waals surface area contributed by atoms with Crippen molar-refractivity contribution in [1.82, 2.24) is 0 Å². The van der Waals surface area contributed by atoms with Gasteiger partial charge in [0, 0.05) is 17.2 Å². The maximum atomic E-state index is 8.87. The molecule has 0 aliphatic carbocycles. The van der Waals surface area contributed by atoms with Crippen molar-refractivity contribution in [1.29, 1.82) is 10.7 Å². The van der Waals surface area contributed by atoms with Crippen LogP contribution in [-0.2, 0) is 13.0 Å². The Bertz CT molecular complexity index is 710. The molecule has 0 aromatic heterocycles. The first-order valence-electron chi connectivity index (χ1n) is 7.12. The van der Waals surface area contributed by atoms with E-state index < -0.39 is 0 Å². The molecule has 1 N–H and O–H groups in total. The molecule has 21 heavy (non-hydrogen) atoms. The van der Waals surface area contributed by atoms with Crippen LogP contribution in [0.25, 0.3) is 0 Å². The second-order valence-corrected chi connectivity index (χ2v) is 5.49. The molecule has 1 aliphatic heterocycles. The number of benzene rings is 2. The van der Waals surface area contributed by atoms with Crippen LogP contribution in [0, 0.1) is 22.7 Å². The van der Waals surface area contributed by atoms with Crippen LogP contribution in [0.2, 0.25) is 0 Å². The highest BCUT2D eigenvalue weighted by Crippen LogP contribution is 2.28. The normalized spacial score (nSPS) is 14.7. The highest BCUT2D eigenvalue weighted by atomic mass is 15.2. The molecule has 3 heteroatoms. The van der Waals surface area contributed by atoms with Crippen molar-refractivity contribution in [2.24, 2.45) is 5.92 Å². The summed E-state index contributed by atoms with van der Waals surface area (Å²) in [4.78, 5) is 2.02. The van der Waals surface area contributed by atoms with E-state index in [-0.39, 0.29) is 5.92 Å². The van der Waals surface area contributed by atoms with Gasteiger partial charge in [-0.2, -0.15) is 5.26 Å². The van der Waals surface area contributed by atoms with Crippen LogP contribution >= 0.6 is 0 Å². The molecule has 0 saturated carbocycles. The van der Waals surface area contributed by atoms with Crippen LogP contribution in [0.1, 0.15) is 23.6 Å². The molecule has 0 fully saturated rings. The lowest BCUT2D eigenvalue weighted by Gasteiger charge is -2.18. The third-order valence-corrected chi connectivity index (χ3v) is 3.88. The Morgan fingerprint density at radius 3 is 2.57 bits per heavy atom. The number of hydrogen-bond acceptors (Lipinski definition) is 2. The second kappa shape index (κ2) is 5.41. The topological polar surface area (TPSA) is 50.9 Å². The summed E-state index contributed by atoms with van der Waals surface area (Å²) in [6.07, 6.45) is 0.772. The standard InChI is InChI=1S/C18H17N3/c1-13(11-19)10-14-6-8-16(9-7-14)21-12-15-4-2-3-5-17(15)18(21)20/h2-9,13,20H,10,12H2,1H3. The molecular weight excluding hydrogens is 258 g/mol. The fourth-order valence-electron chi connectivity index (χ4n) is 2.72. The zero-order chi connectivity index (χ0) is 14.8. The van der Waals surface area contributed by atoms with Gasteiger partial charge in [-0.1, -0.05) is 36.4 Å². The maximum absolute atomic E-state index is 8.87. The number of nitrogens with zero attached hydrogens (tertiary/aromatic N) is 2. The van der Waals surface area contributed by atoms with E-state index in [1.54, 1.807) is 0 Å². The molecule has 0 amide bonds. The average Bonchev–Trinajstić information content (AvgIpc) is 2.85. The van der Waals surface area contributed by atoms with Gasteiger partial charge in [0.25, 0.3) is 0 Å². The summed E-state index contributed by atoms with van der Waals surface area (Å²) in [6, 6.07) is 18.5. The fourth-order valence-corrected chi connectivity index (χ4v) is 2.72. The quantitative estimate of drug-likeness (QED) is 0.927. The number of hydrogen-bond donors (Lipinski definition) is 1. The van der Waals surface area contributed by atoms with E-state index in [0.29, 0.717) is 5.84 Å². The minimum Gasteiger partial charge on any atom is -0.322 e. The SMILES string of the molecule is CC(C#N)Cc1ccc(N2Cc3ccccc3C2=N)cc1. The molecule has 1 heterocycles. The van der Waals surface area contributed by atoms with E-state index in [0.717, 1.165) is 29.8 Å². The summed E-state index contributed by atoms with van der Waals surface area (Å²) in [5.41, 5.74) is 4.41. The first-order chi connectivity index (χ1) is 10.2. The number of amidine groups is 1. The number of fused-ring (bicyclic) bond motifs is 1. The lowest BCUT2D eigenvalue weighted by molar-refractivity contribution is 0.739. The second-order valence-electron chi connectivity index (χ2n) is 5.49. The van der Waals surface area contributed by atoms with Gasteiger partial charge >= 0.3 is 0 Å². The number of nitrogens with one attached hydrogen (secondary N) is 1. The predicted molar refractivity (Wildman–Crippen MR) is 84.4 cm³/mol. The molecule has 2 aromatic rings. The molecule has 0 radical (unpaired) electrons. The van der Waals surface area contributed by atoms with Gasteiger partial charge in [0.2, 0.25) is 0 Å². The van der Waals surface area contributed by atoms with Crippen molar-refractivity contribution in [3.8, 4) is 6.07 Å². The number of anilines is 1. The van der Waals surface area contributed by atoms with Crippen molar-refractivity contribution < 1.29 is 0 Å². The zero-order valence-electron chi connectivity index (χ0n) is 12.0. The van der Waals surface area contributed by atoms with Crippen LogP contribution in [0.3, 0.4) is 0 Å². The fraction of sp³-hybridized carbons (Fsp3) is 0.222. The van der Waals surface area contributed by atoms with Crippen LogP contribution in [0.4, 0.5) is 5.69 Å². The van der Waals surface area contributed by atoms with E-state index in [2.05, 4.69) is 24.3 Å². The van der Waals surface area contributed by atoms with Gasteiger partial charge in [-0.25, -0.2) is 0 Å². The smallest absolute Gasteiger partial charge is 0.133 e. The van der Waals surface area contributed by atoms with Gasteiger partial charge in [0.15, 0.2) is 0 Å². The summed E-state index contributed by atoms with van der Waals surface area (Å²) >= 11 is 0. The largest absolute Gasteiger partial charge is 0.322 e. The van der Waals surface area contributed by atoms with E-state index >= 15 is 0 Å². The Morgan fingerprint density at radius 1 is 1.19 bits per heavy atom. The minimum absolute atomic E-state index is 0.0326. The number of rotatable bonds is 3. The molecule has 3 rings (SSSR count). The van der Waals surface area contributed by atoms with E-state index in [1.807, 2.05) is 42.2 Å².